The molecule has 1 saturated heterocycles. The minimum Gasteiger partial charge on any atom is -0.316 e. The van der Waals surface area contributed by atoms with E-state index in [-0.39, 0.29) is 5.92 Å². The Kier molecular flexibility index (Phi) is 6.43. The van der Waals surface area contributed by atoms with Gasteiger partial charge >= 0.3 is 0 Å². The summed E-state index contributed by atoms with van der Waals surface area (Å²) in [4.78, 5) is 13.3. The Morgan fingerprint density at radius 2 is 1.91 bits per heavy atom. The van der Waals surface area contributed by atoms with Crippen LogP contribution in [0.15, 0.2) is 18.2 Å². The summed E-state index contributed by atoms with van der Waals surface area (Å²) in [5, 5.41) is 13.0. The van der Waals surface area contributed by atoms with Gasteiger partial charge in [-0.15, -0.1) is 10.2 Å². The van der Waals surface area contributed by atoms with Crippen LogP contribution in [-0.4, -0.2) is 33.6 Å². The summed E-state index contributed by atoms with van der Waals surface area (Å²) in [7, 11) is 0. The Morgan fingerprint density at radius 1 is 1.15 bits per heavy atom. The smallest absolute Gasteiger partial charge is 0.138 e. The molecule has 3 fully saturated rings. The molecule has 178 valence electrons. The van der Waals surface area contributed by atoms with E-state index in [2.05, 4.69) is 55.8 Å². The predicted octanol–water partition coefficient (Wildman–Crippen LogP) is 5.27. The van der Waals surface area contributed by atoms with Gasteiger partial charge in [-0.1, -0.05) is 37.6 Å². The molecule has 5 rings (SSSR count). The van der Waals surface area contributed by atoms with E-state index in [0.717, 1.165) is 36.3 Å². The monoisotopic (exact) mass is 448 g/mol. The second-order valence-corrected chi connectivity index (χ2v) is 11.6. The van der Waals surface area contributed by atoms with Crippen molar-refractivity contribution >= 4 is 5.78 Å². The molecule has 1 aromatic heterocycles. The first kappa shape index (κ1) is 22.8. The molecule has 1 N–H and O–H groups in total. The molecular weight excluding hydrogens is 408 g/mol. The van der Waals surface area contributed by atoms with Crippen LogP contribution in [0.3, 0.4) is 0 Å². The first-order valence-electron chi connectivity index (χ1n) is 13.1. The third-order valence-corrected chi connectivity index (χ3v) is 8.11. The van der Waals surface area contributed by atoms with E-state index in [0.29, 0.717) is 36.5 Å². The second kappa shape index (κ2) is 9.32. The molecule has 2 saturated carbocycles. The molecule has 0 radical (unpaired) electrons. The van der Waals surface area contributed by atoms with Crippen LogP contribution < -0.4 is 5.32 Å². The third kappa shape index (κ3) is 4.94. The average Bonchev–Trinajstić information content (AvgIpc) is 3.43. The van der Waals surface area contributed by atoms with Crippen LogP contribution in [0.1, 0.15) is 98.6 Å². The molecule has 0 spiro atoms. The van der Waals surface area contributed by atoms with Gasteiger partial charge < -0.3 is 9.88 Å². The lowest BCUT2D eigenvalue weighted by molar-refractivity contribution is -0.119. The Balaban J connectivity index is 1.34. The quantitative estimate of drug-likeness (QED) is 0.538. The van der Waals surface area contributed by atoms with E-state index < -0.39 is 0 Å². The van der Waals surface area contributed by atoms with Crippen LogP contribution >= 0.6 is 0 Å². The third-order valence-electron chi connectivity index (χ3n) is 8.11. The number of Topliss-reactive ketones (excluding diaryl/α,β-unsaturated/α-hetero) is 1. The molecule has 5 nitrogen and oxygen atoms in total. The normalized spacial score (nSPS) is 23.9. The molecule has 0 amide bonds. The molecule has 2 aromatic rings. The maximum absolute atomic E-state index is 13.3. The van der Waals surface area contributed by atoms with Gasteiger partial charge in [0.2, 0.25) is 0 Å². The lowest BCUT2D eigenvalue weighted by atomic mass is 9.71. The predicted molar refractivity (Wildman–Crippen MR) is 132 cm³/mol. The fourth-order valence-electron chi connectivity index (χ4n) is 6.00. The summed E-state index contributed by atoms with van der Waals surface area (Å²) in [6.07, 6.45) is 7.38. The number of nitrogens with zero attached hydrogens (tertiary/aromatic N) is 3. The number of carbonyl (C=O) groups excluding carboxylic acids is 1. The Bertz CT molecular complexity index is 995. The molecule has 5 heteroatoms. The van der Waals surface area contributed by atoms with Crippen molar-refractivity contribution in [2.75, 3.05) is 13.1 Å². The van der Waals surface area contributed by atoms with Crippen molar-refractivity contribution in [3.05, 3.63) is 46.5 Å². The summed E-state index contributed by atoms with van der Waals surface area (Å²) in [5.41, 5.74) is 3.62. The summed E-state index contributed by atoms with van der Waals surface area (Å²) in [6.45, 7) is 10.8. The molecule has 1 aromatic carbocycles. The number of aryl methyl sites for hydroxylation is 2. The van der Waals surface area contributed by atoms with Gasteiger partial charge in [0, 0.05) is 30.7 Å². The van der Waals surface area contributed by atoms with Crippen molar-refractivity contribution in [2.24, 2.45) is 17.8 Å². The van der Waals surface area contributed by atoms with E-state index in [1.54, 1.807) is 0 Å². The van der Waals surface area contributed by atoms with Crippen LogP contribution in [0.25, 0.3) is 0 Å². The highest BCUT2D eigenvalue weighted by atomic mass is 16.1. The number of aromatic nitrogens is 3. The van der Waals surface area contributed by atoms with Crippen LogP contribution in [-0.2, 0) is 11.2 Å². The molecular formula is C28H40N4O. The minimum absolute atomic E-state index is 0.179. The van der Waals surface area contributed by atoms with Crippen molar-refractivity contribution in [3.8, 4) is 0 Å². The summed E-state index contributed by atoms with van der Waals surface area (Å²) in [5.74, 6) is 5.47. The Hall–Kier alpha value is -2.01. The molecule has 0 bridgehead atoms. The molecule has 33 heavy (non-hydrogen) atoms. The first-order valence-corrected chi connectivity index (χ1v) is 13.1. The number of hydrogen-bond donors (Lipinski definition) is 1. The zero-order valence-electron chi connectivity index (χ0n) is 20.8. The maximum atomic E-state index is 13.3. The van der Waals surface area contributed by atoms with Gasteiger partial charge in [-0.25, -0.2) is 0 Å². The van der Waals surface area contributed by atoms with Crippen LogP contribution in [0.4, 0.5) is 0 Å². The molecule has 3 aliphatic rings. The number of rotatable bonds is 10. The van der Waals surface area contributed by atoms with Gasteiger partial charge in [0.05, 0.1) is 0 Å². The fourth-order valence-corrected chi connectivity index (χ4v) is 6.00. The van der Waals surface area contributed by atoms with Crippen molar-refractivity contribution in [3.63, 3.8) is 0 Å². The second-order valence-electron chi connectivity index (χ2n) is 11.6. The minimum atomic E-state index is 0.179. The van der Waals surface area contributed by atoms with Gasteiger partial charge in [0.1, 0.15) is 17.4 Å². The highest BCUT2D eigenvalue weighted by Crippen LogP contribution is 2.48. The van der Waals surface area contributed by atoms with Crippen LogP contribution in [0, 0.1) is 31.6 Å². The molecule has 2 aliphatic carbocycles. The molecule has 1 aliphatic heterocycles. The molecule has 1 atom stereocenters. The lowest BCUT2D eigenvalue weighted by Gasteiger charge is -2.37. The van der Waals surface area contributed by atoms with Gasteiger partial charge in [0.25, 0.3) is 0 Å². The highest BCUT2D eigenvalue weighted by molar-refractivity contribution is 5.82. The largest absolute Gasteiger partial charge is 0.316 e. The summed E-state index contributed by atoms with van der Waals surface area (Å²) < 4.78 is 2.49. The topological polar surface area (TPSA) is 59.8 Å². The Morgan fingerprint density at radius 3 is 2.52 bits per heavy atom. The first-order chi connectivity index (χ1) is 15.9. The van der Waals surface area contributed by atoms with Gasteiger partial charge in [-0.3, -0.25) is 4.79 Å². The standard InChI is InChI=1S/C28H40N4O/c1-17(2)9-20-11-22(12-20)27-30-31-28(32(27)24-7-8-24)26(23-15-29-16-23)14-25(33)13-21-6-5-18(3)10-19(21)4/h5-6,10,17,20,22-24,26,29H,7-9,11-16H2,1-4H3. The van der Waals surface area contributed by atoms with Gasteiger partial charge in [-0.05, 0) is 87.9 Å². The van der Waals surface area contributed by atoms with Crippen molar-refractivity contribution in [1.82, 2.24) is 20.1 Å². The zero-order chi connectivity index (χ0) is 23.1. The Labute approximate surface area is 198 Å². The van der Waals surface area contributed by atoms with Crippen molar-refractivity contribution in [1.29, 1.82) is 0 Å². The van der Waals surface area contributed by atoms with E-state index in [1.807, 2.05) is 0 Å². The summed E-state index contributed by atoms with van der Waals surface area (Å²) in [6, 6.07) is 6.97. The van der Waals surface area contributed by atoms with Crippen LogP contribution in [0.5, 0.6) is 0 Å². The maximum Gasteiger partial charge on any atom is 0.138 e. The van der Waals surface area contributed by atoms with E-state index in [4.69, 9.17) is 10.2 Å². The highest BCUT2D eigenvalue weighted by Gasteiger charge is 2.41. The lowest BCUT2D eigenvalue weighted by Crippen LogP contribution is -2.46. The molecule has 2 heterocycles. The number of benzene rings is 1. The summed E-state index contributed by atoms with van der Waals surface area (Å²) >= 11 is 0. The number of carbonyl (C=O) groups is 1. The zero-order valence-corrected chi connectivity index (χ0v) is 20.8. The van der Waals surface area contributed by atoms with E-state index in [9.17, 15) is 4.79 Å². The average molecular weight is 449 g/mol. The fraction of sp³-hybridized carbons (Fsp3) is 0.679. The van der Waals surface area contributed by atoms with Crippen molar-refractivity contribution < 1.29 is 4.79 Å². The van der Waals surface area contributed by atoms with E-state index in [1.165, 1.54) is 49.1 Å². The van der Waals surface area contributed by atoms with Crippen molar-refractivity contribution in [2.45, 2.75) is 90.5 Å². The number of hydrogen-bond acceptors (Lipinski definition) is 4. The molecule has 1 unspecified atom stereocenters. The SMILES string of the molecule is Cc1ccc(CC(=O)CC(c2nnc(C3CC(CC(C)C)C3)n2C2CC2)C2CNC2)c(C)c1. The van der Waals surface area contributed by atoms with Gasteiger partial charge in [-0.2, -0.15) is 0 Å². The number of ketones is 1. The number of nitrogens with one attached hydrogen (secondary N) is 1. The van der Waals surface area contributed by atoms with Gasteiger partial charge in [0.15, 0.2) is 0 Å². The van der Waals surface area contributed by atoms with E-state index >= 15 is 0 Å². The van der Waals surface area contributed by atoms with Crippen LogP contribution in [0.2, 0.25) is 0 Å².